The molecule has 1 rings (SSSR count). The topological polar surface area (TPSA) is 85.1 Å². The first-order valence-electron chi connectivity index (χ1n) is 4.63. The summed E-state index contributed by atoms with van der Waals surface area (Å²) >= 11 is 0. The van der Waals surface area contributed by atoms with E-state index in [1.165, 1.54) is 0 Å². The van der Waals surface area contributed by atoms with E-state index in [9.17, 15) is 9.59 Å². The zero-order valence-corrected chi connectivity index (χ0v) is 8.27. The first-order chi connectivity index (χ1) is 7.18. The Morgan fingerprint density at radius 1 is 1.40 bits per heavy atom. The van der Waals surface area contributed by atoms with Crippen molar-refractivity contribution in [2.75, 3.05) is 6.54 Å². The SMILES string of the molecule is NC(=O)CC(=O)NCCc1ccccn1. The Kier molecular flexibility index (Phi) is 4.28. The van der Waals surface area contributed by atoms with Crippen molar-refractivity contribution in [3.63, 3.8) is 0 Å². The molecule has 0 radical (unpaired) electrons. The maximum absolute atomic E-state index is 11.0. The molecule has 0 saturated heterocycles. The Hall–Kier alpha value is -1.91. The minimum Gasteiger partial charge on any atom is -0.369 e. The summed E-state index contributed by atoms with van der Waals surface area (Å²) in [5.41, 5.74) is 5.76. The highest BCUT2D eigenvalue weighted by Gasteiger charge is 2.04. The van der Waals surface area contributed by atoms with E-state index in [0.717, 1.165) is 5.69 Å². The lowest BCUT2D eigenvalue weighted by Gasteiger charge is -2.02. The summed E-state index contributed by atoms with van der Waals surface area (Å²) in [6.45, 7) is 0.461. The first kappa shape index (κ1) is 11.2. The molecule has 0 aliphatic rings. The van der Waals surface area contributed by atoms with Crippen molar-refractivity contribution in [2.24, 2.45) is 5.73 Å². The van der Waals surface area contributed by atoms with Gasteiger partial charge in [0, 0.05) is 24.9 Å². The highest BCUT2D eigenvalue weighted by molar-refractivity contribution is 5.95. The maximum Gasteiger partial charge on any atom is 0.229 e. The molecule has 3 N–H and O–H groups in total. The van der Waals surface area contributed by atoms with Crippen LogP contribution in [0.25, 0.3) is 0 Å². The number of pyridine rings is 1. The zero-order valence-electron chi connectivity index (χ0n) is 8.27. The standard InChI is InChI=1S/C10H13N3O2/c11-9(14)7-10(15)13-6-4-8-3-1-2-5-12-8/h1-3,5H,4,6-7H2,(H2,11,14)(H,13,15). The fourth-order valence-corrected chi connectivity index (χ4v) is 1.10. The second kappa shape index (κ2) is 5.74. The highest BCUT2D eigenvalue weighted by Crippen LogP contribution is 1.93. The lowest BCUT2D eigenvalue weighted by atomic mass is 10.2. The van der Waals surface area contributed by atoms with Gasteiger partial charge in [-0.05, 0) is 12.1 Å². The summed E-state index contributed by atoms with van der Waals surface area (Å²) in [4.78, 5) is 25.5. The van der Waals surface area contributed by atoms with Gasteiger partial charge in [0.2, 0.25) is 11.8 Å². The third kappa shape index (κ3) is 4.75. The molecule has 0 saturated carbocycles. The highest BCUT2D eigenvalue weighted by atomic mass is 16.2. The van der Waals surface area contributed by atoms with Crippen LogP contribution in [0, 0.1) is 0 Å². The number of hydrogen-bond donors (Lipinski definition) is 2. The molecule has 15 heavy (non-hydrogen) atoms. The molecule has 5 heteroatoms. The van der Waals surface area contributed by atoms with Crippen molar-refractivity contribution in [1.29, 1.82) is 0 Å². The number of primary amides is 1. The van der Waals surface area contributed by atoms with Crippen LogP contribution in [-0.4, -0.2) is 23.3 Å². The van der Waals surface area contributed by atoms with E-state index in [2.05, 4.69) is 10.3 Å². The molecule has 0 unspecified atom stereocenters. The van der Waals surface area contributed by atoms with Gasteiger partial charge in [-0.2, -0.15) is 0 Å². The monoisotopic (exact) mass is 207 g/mol. The molecule has 0 bridgehead atoms. The summed E-state index contributed by atoms with van der Waals surface area (Å²) in [6.07, 6.45) is 2.08. The summed E-state index contributed by atoms with van der Waals surface area (Å²) in [5, 5.41) is 2.58. The normalized spacial score (nSPS) is 9.60. The Balaban J connectivity index is 2.22. The van der Waals surface area contributed by atoms with Gasteiger partial charge >= 0.3 is 0 Å². The van der Waals surface area contributed by atoms with E-state index in [0.29, 0.717) is 13.0 Å². The summed E-state index contributed by atoms with van der Waals surface area (Å²) in [7, 11) is 0. The summed E-state index contributed by atoms with van der Waals surface area (Å²) in [6, 6.07) is 5.59. The Bertz CT molecular complexity index is 338. The maximum atomic E-state index is 11.0. The average Bonchev–Trinajstić information content (AvgIpc) is 2.18. The summed E-state index contributed by atoms with van der Waals surface area (Å²) < 4.78 is 0. The van der Waals surface area contributed by atoms with Gasteiger partial charge in [0.15, 0.2) is 0 Å². The number of nitrogens with zero attached hydrogens (tertiary/aromatic N) is 1. The van der Waals surface area contributed by atoms with Gasteiger partial charge in [0.05, 0.1) is 0 Å². The van der Waals surface area contributed by atoms with Crippen molar-refractivity contribution in [2.45, 2.75) is 12.8 Å². The number of nitrogens with two attached hydrogens (primary N) is 1. The molecule has 1 aromatic rings. The van der Waals surface area contributed by atoms with Gasteiger partial charge in [0.1, 0.15) is 6.42 Å². The van der Waals surface area contributed by atoms with Crippen molar-refractivity contribution in [1.82, 2.24) is 10.3 Å². The van der Waals surface area contributed by atoms with Crippen LogP contribution in [0.15, 0.2) is 24.4 Å². The van der Waals surface area contributed by atoms with E-state index in [1.54, 1.807) is 6.20 Å². The van der Waals surface area contributed by atoms with Crippen molar-refractivity contribution in [3.8, 4) is 0 Å². The molecule has 80 valence electrons. The smallest absolute Gasteiger partial charge is 0.229 e. The predicted molar refractivity (Wildman–Crippen MR) is 54.8 cm³/mol. The number of hydrogen-bond acceptors (Lipinski definition) is 3. The lowest BCUT2D eigenvalue weighted by Crippen LogP contribution is -2.30. The zero-order chi connectivity index (χ0) is 11.1. The van der Waals surface area contributed by atoms with Crippen LogP contribution < -0.4 is 11.1 Å². The fraction of sp³-hybridized carbons (Fsp3) is 0.300. The Morgan fingerprint density at radius 2 is 2.20 bits per heavy atom. The molecule has 0 spiro atoms. The van der Waals surface area contributed by atoms with Crippen LogP contribution >= 0.6 is 0 Å². The number of carbonyl (C=O) groups excluding carboxylic acids is 2. The molecule has 0 atom stereocenters. The predicted octanol–water partition coefficient (Wildman–Crippen LogP) is -0.384. The molecule has 5 nitrogen and oxygen atoms in total. The van der Waals surface area contributed by atoms with Crippen LogP contribution in [0.3, 0.4) is 0 Å². The molecule has 0 aliphatic heterocycles. The van der Waals surface area contributed by atoms with Crippen molar-refractivity contribution < 1.29 is 9.59 Å². The minimum atomic E-state index is -0.620. The number of rotatable bonds is 5. The second-order valence-electron chi connectivity index (χ2n) is 3.06. The third-order valence-electron chi connectivity index (χ3n) is 1.76. The van der Waals surface area contributed by atoms with Gasteiger partial charge < -0.3 is 11.1 Å². The molecule has 1 heterocycles. The minimum absolute atomic E-state index is 0.262. The molecule has 2 amide bonds. The number of aromatic nitrogens is 1. The molecule has 0 aromatic carbocycles. The number of carbonyl (C=O) groups is 2. The van der Waals surface area contributed by atoms with Gasteiger partial charge in [0.25, 0.3) is 0 Å². The van der Waals surface area contributed by atoms with Crippen LogP contribution in [0.2, 0.25) is 0 Å². The van der Waals surface area contributed by atoms with Crippen LogP contribution in [-0.2, 0) is 16.0 Å². The van der Waals surface area contributed by atoms with Crippen LogP contribution in [0.4, 0.5) is 0 Å². The molecule has 0 fully saturated rings. The lowest BCUT2D eigenvalue weighted by molar-refractivity contribution is -0.127. The molecular weight excluding hydrogens is 194 g/mol. The summed E-state index contributed by atoms with van der Waals surface area (Å²) in [5.74, 6) is -0.969. The van der Waals surface area contributed by atoms with E-state index in [1.807, 2.05) is 18.2 Å². The molecule has 0 aliphatic carbocycles. The van der Waals surface area contributed by atoms with Gasteiger partial charge in [-0.25, -0.2) is 0 Å². The first-order valence-corrected chi connectivity index (χ1v) is 4.63. The third-order valence-corrected chi connectivity index (χ3v) is 1.76. The second-order valence-corrected chi connectivity index (χ2v) is 3.06. The van der Waals surface area contributed by atoms with Crippen LogP contribution in [0.5, 0.6) is 0 Å². The van der Waals surface area contributed by atoms with E-state index >= 15 is 0 Å². The molecular formula is C10H13N3O2. The van der Waals surface area contributed by atoms with Crippen molar-refractivity contribution >= 4 is 11.8 Å². The largest absolute Gasteiger partial charge is 0.369 e. The van der Waals surface area contributed by atoms with Gasteiger partial charge in [-0.1, -0.05) is 6.07 Å². The van der Waals surface area contributed by atoms with Gasteiger partial charge in [-0.15, -0.1) is 0 Å². The van der Waals surface area contributed by atoms with Gasteiger partial charge in [-0.3, -0.25) is 14.6 Å². The van der Waals surface area contributed by atoms with E-state index in [-0.39, 0.29) is 12.3 Å². The average molecular weight is 207 g/mol. The van der Waals surface area contributed by atoms with E-state index < -0.39 is 5.91 Å². The quantitative estimate of drug-likeness (QED) is 0.645. The van der Waals surface area contributed by atoms with Crippen LogP contribution in [0.1, 0.15) is 12.1 Å². The number of nitrogens with one attached hydrogen (secondary N) is 1. The molecule has 1 aromatic heterocycles. The Morgan fingerprint density at radius 3 is 2.80 bits per heavy atom. The van der Waals surface area contributed by atoms with E-state index in [4.69, 9.17) is 5.73 Å². The number of amides is 2. The Labute approximate surface area is 87.7 Å². The van der Waals surface area contributed by atoms with Crippen molar-refractivity contribution in [3.05, 3.63) is 30.1 Å². The fourth-order valence-electron chi connectivity index (χ4n) is 1.10.